The van der Waals surface area contributed by atoms with Crippen LogP contribution in [0.5, 0.6) is 0 Å². The summed E-state index contributed by atoms with van der Waals surface area (Å²) in [5.41, 5.74) is 0.670. The van der Waals surface area contributed by atoms with E-state index in [-0.39, 0.29) is 18.6 Å². The molecule has 1 aromatic heterocycles. The smallest absolute Gasteiger partial charge is 0.262 e. The van der Waals surface area contributed by atoms with Crippen molar-refractivity contribution in [3.05, 3.63) is 21.9 Å². The van der Waals surface area contributed by atoms with Crippen molar-refractivity contribution in [2.24, 2.45) is 0 Å². The first-order valence-electron chi connectivity index (χ1n) is 5.67. The van der Waals surface area contributed by atoms with Crippen LogP contribution in [0.25, 0.3) is 0 Å². The van der Waals surface area contributed by atoms with E-state index in [2.05, 4.69) is 17.2 Å². The van der Waals surface area contributed by atoms with Gasteiger partial charge in [0.1, 0.15) is 11.5 Å². The SMILES string of the molecule is CC(CN(C)C)NC(=O)c1sccc1C#CCO. The molecular formula is C13H18N2O2S. The second-order valence-corrected chi connectivity index (χ2v) is 5.18. The molecule has 4 nitrogen and oxygen atoms in total. The zero-order valence-electron chi connectivity index (χ0n) is 10.9. The van der Waals surface area contributed by atoms with Crippen molar-refractivity contribution in [3.63, 3.8) is 0 Å². The molecule has 1 amide bonds. The first kappa shape index (κ1) is 14.7. The summed E-state index contributed by atoms with van der Waals surface area (Å²) in [5, 5.41) is 13.4. The van der Waals surface area contributed by atoms with Gasteiger partial charge in [-0.3, -0.25) is 4.79 Å². The molecule has 0 spiro atoms. The van der Waals surface area contributed by atoms with E-state index in [4.69, 9.17) is 5.11 Å². The number of nitrogens with one attached hydrogen (secondary N) is 1. The molecule has 98 valence electrons. The predicted octanol–water partition coefficient (Wildman–Crippen LogP) is 0.772. The molecule has 1 rings (SSSR count). The largest absolute Gasteiger partial charge is 0.384 e. The lowest BCUT2D eigenvalue weighted by Crippen LogP contribution is -2.39. The number of likely N-dealkylation sites (N-methyl/N-ethyl adjacent to an activating group) is 1. The summed E-state index contributed by atoms with van der Waals surface area (Å²) in [6, 6.07) is 1.87. The highest BCUT2D eigenvalue weighted by atomic mass is 32.1. The number of hydrogen-bond acceptors (Lipinski definition) is 4. The van der Waals surface area contributed by atoms with Crippen molar-refractivity contribution in [2.75, 3.05) is 27.2 Å². The minimum Gasteiger partial charge on any atom is -0.384 e. The Balaban J connectivity index is 2.70. The van der Waals surface area contributed by atoms with Crippen LogP contribution in [0, 0.1) is 11.8 Å². The lowest BCUT2D eigenvalue weighted by Gasteiger charge is -2.17. The van der Waals surface area contributed by atoms with Crippen LogP contribution in [-0.2, 0) is 0 Å². The molecule has 0 saturated carbocycles. The number of thiophene rings is 1. The van der Waals surface area contributed by atoms with Crippen molar-refractivity contribution >= 4 is 17.2 Å². The number of amides is 1. The molecule has 0 aromatic carbocycles. The Morgan fingerprint density at radius 2 is 2.33 bits per heavy atom. The number of aliphatic hydroxyl groups is 1. The van der Waals surface area contributed by atoms with E-state index in [1.54, 1.807) is 6.07 Å². The molecule has 1 unspecified atom stereocenters. The molecule has 2 N–H and O–H groups in total. The summed E-state index contributed by atoms with van der Waals surface area (Å²) in [4.78, 5) is 14.7. The molecule has 0 fully saturated rings. The van der Waals surface area contributed by atoms with Crippen LogP contribution in [-0.4, -0.2) is 49.2 Å². The van der Waals surface area contributed by atoms with E-state index in [9.17, 15) is 4.79 Å². The molecule has 0 aliphatic carbocycles. The van der Waals surface area contributed by atoms with Crippen molar-refractivity contribution in [3.8, 4) is 11.8 Å². The Labute approximate surface area is 112 Å². The zero-order chi connectivity index (χ0) is 13.5. The van der Waals surface area contributed by atoms with Gasteiger partial charge < -0.3 is 15.3 Å². The lowest BCUT2D eigenvalue weighted by molar-refractivity contribution is 0.0938. The van der Waals surface area contributed by atoms with Crippen LogP contribution in [0.3, 0.4) is 0 Å². The Kier molecular flexibility index (Phi) is 5.86. The molecule has 0 saturated heterocycles. The average Bonchev–Trinajstić information content (AvgIpc) is 2.72. The van der Waals surface area contributed by atoms with Crippen LogP contribution in [0.4, 0.5) is 0 Å². The van der Waals surface area contributed by atoms with E-state index in [0.29, 0.717) is 10.4 Å². The molecular weight excluding hydrogens is 248 g/mol. The third-order valence-electron chi connectivity index (χ3n) is 2.19. The van der Waals surface area contributed by atoms with Crippen molar-refractivity contribution in [1.29, 1.82) is 0 Å². The first-order chi connectivity index (χ1) is 8.54. The highest BCUT2D eigenvalue weighted by molar-refractivity contribution is 7.12. The Morgan fingerprint density at radius 1 is 1.61 bits per heavy atom. The average molecular weight is 266 g/mol. The summed E-state index contributed by atoms with van der Waals surface area (Å²) in [6.07, 6.45) is 0. The fraction of sp³-hybridized carbons (Fsp3) is 0.462. The van der Waals surface area contributed by atoms with Crippen LogP contribution < -0.4 is 5.32 Å². The normalized spacial score (nSPS) is 11.8. The maximum absolute atomic E-state index is 12.0. The zero-order valence-corrected chi connectivity index (χ0v) is 11.7. The van der Waals surface area contributed by atoms with E-state index >= 15 is 0 Å². The van der Waals surface area contributed by atoms with Gasteiger partial charge in [0.05, 0.1) is 0 Å². The van der Waals surface area contributed by atoms with E-state index in [1.165, 1.54) is 11.3 Å². The number of carbonyl (C=O) groups excluding carboxylic acids is 1. The fourth-order valence-electron chi connectivity index (χ4n) is 1.60. The molecule has 0 aliphatic heterocycles. The van der Waals surface area contributed by atoms with Crippen molar-refractivity contribution in [2.45, 2.75) is 13.0 Å². The van der Waals surface area contributed by atoms with Crippen molar-refractivity contribution in [1.82, 2.24) is 10.2 Å². The molecule has 0 aliphatic rings. The molecule has 5 heteroatoms. The van der Waals surface area contributed by atoms with Gasteiger partial charge in [-0.15, -0.1) is 11.3 Å². The van der Waals surface area contributed by atoms with Crippen molar-refractivity contribution < 1.29 is 9.90 Å². The number of hydrogen-bond donors (Lipinski definition) is 2. The number of nitrogens with zero attached hydrogens (tertiary/aromatic N) is 1. The topological polar surface area (TPSA) is 52.6 Å². The lowest BCUT2D eigenvalue weighted by atomic mass is 10.2. The standard InChI is InChI=1S/C13H18N2O2S/c1-10(9-15(2)3)14-13(17)12-11(5-4-7-16)6-8-18-12/h6,8,10,16H,7,9H2,1-3H3,(H,14,17). The summed E-state index contributed by atoms with van der Waals surface area (Å²) < 4.78 is 0. The highest BCUT2D eigenvalue weighted by Gasteiger charge is 2.14. The Morgan fingerprint density at radius 3 is 2.94 bits per heavy atom. The minimum atomic E-state index is -0.200. The minimum absolute atomic E-state index is 0.0771. The molecule has 1 heterocycles. The van der Waals surface area contributed by atoms with Gasteiger partial charge in [0, 0.05) is 18.2 Å². The molecule has 0 radical (unpaired) electrons. The third kappa shape index (κ3) is 4.49. The number of carbonyl (C=O) groups is 1. The van der Waals surface area contributed by atoms with Crippen LogP contribution in [0.15, 0.2) is 11.4 Å². The second kappa shape index (κ2) is 7.17. The fourth-order valence-corrected chi connectivity index (χ4v) is 2.35. The number of rotatable bonds is 4. The van der Waals surface area contributed by atoms with E-state index in [1.807, 2.05) is 31.3 Å². The van der Waals surface area contributed by atoms with Gasteiger partial charge in [-0.2, -0.15) is 0 Å². The van der Waals surface area contributed by atoms with E-state index in [0.717, 1.165) is 6.54 Å². The van der Waals surface area contributed by atoms with Gasteiger partial charge in [-0.25, -0.2) is 0 Å². The second-order valence-electron chi connectivity index (χ2n) is 4.26. The van der Waals surface area contributed by atoms with Gasteiger partial charge >= 0.3 is 0 Å². The third-order valence-corrected chi connectivity index (χ3v) is 3.10. The summed E-state index contributed by atoms with van der Waals surface area (Å²) in [6.45, 7) is 2.55. The molecule has 18 heavy (non-hydrogen) atoms. The van der Waals surface area contributed by atoms with Gasteiger partial charge in [-0.1, -0.05) is 11.8 Å². The van der Waals surface area contributed by atoms with Gasteiger partial charge in [0.2, 0.25) is 0 Å². The molecule has 1 aromatic rings. The Bertz CT molecular complexity index is 457. The highest BCUT2D eigenvalue weighted by Crippen LogP contribution is 2.15. The van der Waals surface area contributed by atoms with Gasteiger partial charge in [-0.05, 0) is 32.5 Å². The summed E-state index contributed by atoms with van der Waals surface area (Å²) >= 11 is 1.36. The Hall–Kier alpha value is -1.35. The van der Waals surface area contributed by atoms with Gasteiger partial charge in [0.15, 0.2) is 0 Å². The maximum Gasteiger partial charge on any atom is 0.262 e. The summed E-state index contributed by atoms with van der Waals surface area (Å²) in [5.74, 6) is 5.22. The van der Waals surface area contributed by atoms with Crippen LogP contribution in [0.2, 0.25) is 0 Å². The first-order valence-corrected chi connectivity index (χ1v) is 6.55. The quantitative estimate of drug-likeness (QED) is 0.792. The van der Waals surface area contributed by atoms with Crippen LogP contribution in [0.1, 0.15) is 22.2 Å². The monoisotopic (exact) mass is 266 g/mol. The maximum atomic E-state index is 12.0. The number of aliphatic hydroxyl groups excluding tert-OH is 1. The van der Waals surface area contributed by atoms with Crippen LogP contribution >= 0.6 is 11.3 Å². The summed E-state index contributed by atoms with van der Waals surface area (Å²) in [7, 11) is 3.93. The molecule has 1 atom stereocenters. The predicted molar refractivity (Wildman–Crippen MR) is 73.8 cm³/mol. The van der Waals surface area contributed by atoms with E-state index < -0.39 is 0 Å². The van der Waals surface area contributed by atoms with Gasteiger partial charge in [0.25, 0.3) is 5.91 Å². The molecule has 0 bridgehead atoms.